The Balaban J connectivity index is 1.69. The molecule has 3 nitrogen and oxygen atoms in total. The van der Waals surface area contributed by atoms with Crippen molar-refractivity contribution in [3.05, 3.63) is 81.9 Å². The summed E-state index contributed by atoms with van der Waals surface area (Å²) >= 11 is 2.58. The molecule has 6 heteroatoms. The predicted octanol–water partition coefficient (Wildman–Crippen LogP) is 4.27. The molecule has 1 heterocycles. The van der Waals surface area contributed by atoms with E-state index in [0.29, 0.717) is 16.2 Å². The Morgan fingerprint density at radius 1 is 1.20 bits per heavy atom. The number of aryl methyl sites for hydroxylation is 1. The summed E-state index contributed by atoms with van der Waals surface area (Å²) in [5, 5.41) is 1.91. The van der Waals surface area contributed by atoms with Gasteiger partial charge in [-0.3, -0.25) is 4.79 Å². The van der Waals surface area contributed by atoms with Gasteiger partial charge in [-0.2, -0.15) is 4.99 Å². The fourth-order valence-corrected chi connectivity index (χ4v) is 3.71. The summed E-state index contributed by atoms with van der Waals surface area (Å²) in [7, 11) is 0. The molecule has 0 fully saturated rings. The van der Waals surface area contributed by atoms with E-state index in [9.17, 15) is 9.18 Å². The van der Waals surface area contributed by atoms with Gasteiger partial charge >= 0.3 is 0 Å². The van der Waals surface area contributed by atoms with Gasteiger partial charge in [-0.25, -0.2) is 4.39 Å². The molecule has 0 aliphatic heterocycles. The highest BCUT2D eigenvalue weighted by Gasteiger charge is 2.06. The predicted molar refractivity (Wildman–Crippen MR) is 100 cm³/mol. The largest absolute Gasteiger partial charge is 0.319 e. The van der Waals surface area contributed by atoms with Crippen molar-refractivity contribution in [2.45, 2.75) is 18.4 Å². The summed E-state index contributed by atoms with van der Waals surface area (Å²) < 4.78 is 15.5. The first-order valence-corrected chi connectivity index (χ1v) is 9.63. The Labute approximate surface area is 153 Å². The number of amides is 1. The van der Waals surface area contributed by atoms with Crippen LogP contribution in [-0.4, -0.2) is 16.2 Å². The van der Waals surface area contributed by atoms with Gasteiger partial charge < -0.3 is 4.57 Å². The number of aromatic nitrogens is 1. The number of carbonyl (C=O) groups excluding carboxylic acids is 1. The van der Waals surface area contributed by atoms with Gasteiger partial charge in [0.25, 0.3) is 5.91 Å². The van der Waals surface area contributed by atoms with Crippen molar-refractivity contribution in [2.75, 3.05) is 5.75 Å². The van der Waals surface area contributed by atoms with Crippen LogP contribution in [0.1, 0.15) is 11.1 Å². The minimum absolute atomic E-state index is 0.114. The third kappa shape index (κ3) is 4.90. The van der Waals surface area contributed by atoms with Gasteiger partial charge in [0, 0.05) is 23.0 Å². The molecule has 0 aliphatic rings. The van der Waals surface area contributed by atoms with Crippen molar-refractivity contribution in [1.82, 2.24) is 4.57 Å². The first-order valence-electron chi connectivity index (χ1n) is 7.76. The molecule has 0 N–H and O–H groups in total. The summed E-state index contributed by atoms with van der Waals surface area (Å²) in [5.74, 6) is -0.470. The topological polar surface area (TPSA) is 34.4 Å². The van der Waals surface area contributed by atoms with Crippen molar-refractivity contribution in [3.8, 4) is 0 Å². The molecule has 0 aliphatic carbocycles. The van der Waals surface area contributed by atoms with Crippen molar-refractivity contribution in [3.63, 3.8) is 0 Å². The number of thiazole rings is 1. The maximum absolute atomic E-state index is 13.6. The van der Waals surface area contributed by atoms with Gasteiger partial charge in [-0.05, 0) is 24.6 Å². The average molecular weight is 372 g/mol. The maximum atomic E-state index is 13.6. The Hall–Kier alpha value is -2.18. The molecule has 0 radical (unpaired) electrons. The number of benzene rings is 2. The summed E-state index contributed by atoms with van der Waals surface area (Å²) in [6.07, 6.45) is 1.92. The zero-order chi connectivity index (χ0) is 17.6. The van der Waals surface area contributed by atoms with Crippen molar-refractivity contribution < 1.29 is 9.18 Å². The Morgan fingerprint density at radius 3 is 2.72 bits per heavy atom. The summed E-state index contributed by atoms with van der Waals surface area (Å²) in [6, 6.07) is 14.7. The lowest BCUT2D eigenvalue weighted by atomic mass is 10.1. The van der Waals surface area contributed by atoms with Gasteiger partial charge in [0.05, 0.1) is 5.75 Å². The maximum Gasteiger partial charge on any atom is 0.258 e. The standard InChI is InChI=1S/C19H17FN2OS2/c1-14-6-8-15(9-7-14)12-22-10-11-24-19(22)21-18(23)13-25-17-5-3-2-4-16(17)20/h2-11H,12-13H2,1H3. The van der Waals surface area contributed by atoms with Gasteiger partial charge in [-0.1, -0.05) is 42.0 Å². The Kier molecular flexibility index (Phi) is 5.83. The number of nitrogens with zero attached hydrogens (tertiary/aromatic N) is 2. The van der Waals surface area contributed by atoms with Gasteiger partial charge in [0.1, 0.15) is 5.82 Å². The molecule has 0 saturated heterocycles. The quantitative estimate of drug-likeness (QED) is 0.627. The highest BCUT2D eigenvalue weighted by Crippen LogP contribution is 2.20. The zero-order valence-electron chi connectivity index (χ0n) is 13.7. The molecular formula is C19H17FN2OS2. The smallest absolute Gasteiger partial charge is 0.258 e. The third-order valence-electron chi connectivity index (χ3n) is 3.54. The van der Waals surface area contributed by atoms with Crippen LogP contribution in [0.15, 0.2) is 70.0 Å². The minimum atomic E-state index is -0.314. The van der Waals surface area contributed by atoms with Crippen LogP contribution in [0.5, 0.6) is 0 Å². The lowest BCUT2D eigenvalue weighted by Crippen LogP contribution is -2.17. The second-order valence-corrected chi connectivity index (χ2v) is 7.41. The first kappa shape index (κ1) is 17.6. The molecular weight excluding hydrogens is 355 g/mol. The molecule has 1 amide bonds. The van der Waals surface area contributed by atoms with Crippen molar-refractivity contribution >= 4 is 29.0 Å². The molecule has 3 rings (SSSR count). The zero-order valence-corrected chi connectivity index (χ0v) is 15.3. The molecule has 3 aromatic rings. The number of hydrogen-bond acceptors (Lipinski definition) is 3. The van der Waals surface area contributed by atoms with Crippen LogP contribution < -0.4 is 4.80 Å². The highest BCUT2D eigenvalue weighted by molar-refractivity contribution is 8.00. The van der Waals surface area contributed by atoms with Crippen LogP contribution in [0, 0.1) is 12.7 Å². The summed E-state index contributed by atoms with van der Waals surface area (Å²) in [6.45, 7) is 2.71. The van der Waals surface area contributed by atoms with E-state index in [1.807, 2.05) is 23.1 Å². The second kappa shape index (κ2) is 8.27. The molecule has 1 aromatic heterocycles. The Bertz CT molecular complexity index is 929. The van der Waals surface area contributed by atoms with Crippen LogP contribution in [-0.2, 0) is 11.3 Å². The minimum Gasteiger partial charge on any atom is -0.319 e. The fraction of sp³-hybridized carbons (Fsp3) is 0.158. The van der Waals surface area contributed by atoms with E-state index < -0.39 is 0 Å². The SMILES string of the molecule is Cc1ccc(Cn2ccsc2=NC(=O)CSc2ccccc2F)cc1. The number of carbonyl (C=O) groups is 1. The van der Waals surface area contributed by atoms with Crippen LogP contribution in [0.3, 0.4) is 0 Å². The normalized spacial score (nSPS) is 11.7. The van der Waals surface area contributed by atoms with Gasteiger partial charge in [0.2, 0.25) is 0 Å². The van der Waals surface area contributed by atoms with Crippen LogP contribution in [0.4, 0.5) is 4.39 Å². The van der Waals surface area contributed by atoms with Crippen LogP contribution >= 0.6 is 23.1 Å². The molecule has 0 spiro atoms. The molecule has 0 atom stereocenters. The van der Waals surface area contributed by atoms with Crippen molar-refractivity contribution in [1.29, 1.82) is 0 Å². The third-order valence-corrected chi connectivity index (χ3v) is 5.37. The summed E-state index contributed by atoms with van der Waals surface area (Å²) in [5.41, 5.74) is 2.36. The lowest BCUT2D eigenvalue weighted by molar-refractivity contribution is -0.115. The molecule has 0 saturated carbocycles. The van der Waals surface area contributed by atoms with E-state index in [1.54, 1.807) is 18.2 Å². The van der Waals surface area contributed by atoms with E-state index in [4.69, 9.17) is 0 Å². The molecule has 128 valence electrons. The summed E-state index contributed by atoms with van der Waals surface area (Å²) in [4.78, 5) is 17.4. The van der Waals surface area contributed by atoms with Crippen molar-refractivity contribution in [2.24, 2.45) is 4.99 Å². The van der Waals surface area contributed by atoms with E-state index >= 15 is 0 Å². The molecule has 2 aromatic carbocycles. The van der Waals surface area contributed by atoms with Crippen LogP contribution in [0.25, 0.3) is 0 Å². The molecule has 25 heavy (non-hydrogen) atoms. The van der Waals surface area contributed by atoms with Gasteiger partial charge in [-0.15, -0.1) is 23.1 Å². The van der Waals surface area contributed by atoms with E-state index in [0.717, 1.165) is 5.56 Å². The highest BCUT2D eigenvalue weighted by atomic mass is 32.2. The second-order valence-electron chi connectivity index (χ2n) is 5.52. The molecule has 0 bridgehead atoms. The Morgan fingerprint density at radius 2 is 1.96 bits per heavy atom. The number of hydrogen-bond donors (Lipinski definition) is 0. The fourth-order valence-electron chi connectivity index (χ4n) is 2.24. The van der Waals surface area contributed by atoms with E-state index in [1.165, 1.54) is 34.7 Å². The molecule has 0 unspecified atom stereocenters. The average Bonchev–Trinajstić information content (AvgIpc) is 3.03. The number of halogens is 1. The monoisotopic (exact) mass is 372 g/mol. The first-order chi connectivity index (χ1) is 12.1. The number of thioether (sulfide) groups is 1. The number of rotatable bonds is 5. The van der Waals surface area contributed by atoms with E-state index in [2.05, 4.69) is 29.3 Å². The van der Waals surface area contributed by atoms with Gasteiger partial charge in [0.15, 0.2) is 4.80 Å². The van der Waals surface area contributed by atoms with Crippen LogP contribution in [0.2, 0.25) is 0 Å². The lowest BCUT2D eigenvalue weighted by Gasteiger charge is -2.04. The van der Waals surface area contributed by atoms with E-state index in [-0.39, 0.29) is 17.5 Å².